The Morgan fingerprint density at radius 2 is 1.67 bits per heavy atom. The topological polar surface area (TPSA) is 34.0 Å². The second-order valence-corrected chi connectivity index (χ2v) is 10.1. The predicted octanol–water partition coefficient (Wildman–Crippen LogP) is 4.60. The zero-order valence-electron chi connectivity index (χ0n) is 17.2. The van der Waals surface area contributed by atoms with Gasteiger partial charge in [-0.25, -0.2) is 0 Å². The standard InChI is InChI=1S/C23H32N4/c1-23(2,3)22-19(14-27(25-22)16-10-11-16)17-12-26(4)13-18(17)21-7-5-6-20(24-21)15-8-9-15/h5-7,14-18H,8-13H2,1-4H3. The van der Waals surface area contributed by atoms with Crippen molar-refractivity contribution in [2.24, 2.45) is 0 Å². The van der Waals surface area contributed by atoms with E-state index < -0.39 is 0 Å². The maximum Gasteiger partial charge on any atom is 0.0713 e. The normalized spacial score (nSPS) is 26.7. The molecular formula is C23H32N4. The lowest BCUT2D eigenvalue weighted by Crippen LogP contribution is -2.19. The van der Waals surface area contributed by atoms with E-state index in [1.165, 1.54) is 48.3 Å². The Labute approximate surface area is 163 Å². The Morgan fingerprint density at radius 3 is 2.33 bits per heavy atom. The predicted molar refractivity (Wildman–Crippen MR) is 108 cm³/mol. The van der Waals surface area contributed by atoms with Crippen LogP contribution in [-0.4, -0.2) is 39.8 Å². The molecule has 4 heteroatoms. The van der Waals surface area contributed by atoms with Crippen molar-refractivity contribution in [3.63, 3.8) is 0 Å². The van der Waals surface area contributed by atoms with Gasteiger partial charge in [0.1, 0.15) is 0 Å². The first-order valence-electron chi connectivity index (χ1n) is 10.6. The summed E-state index contributed by atoms with van der Waals surface area (Å²) >= 11 is 0. The lowest BCUT2D eigenvalue weighted by atomic mass is 9.80. The highest BCUT2D eigenvalue weighted by Crippen LogP contribution is 2.45. The maximum absolute atomic E-state index is 5.12. The maximum atomic E-state index is 5.12. The number of hydrogen-bond donors (Lipinski definition) is 0. The lowest BCUT2D eigenvalue weighted by molar-refractivity contribution is 0.406. The molecule has 0 radical (unpaired) electrons. The Hall–Kier alpha value is -1.68. The zero-order valence-corrected chi connectivity index (χ0v) is 17.2. The van der Waals surface area contributed by atoms with E-state index in [2.05, 4.69) is 61.8 Å². The van der Waals surface area contributed by atoms with Gasteiger partial charge in [-0.1, -0.05) is 26.8 Å². The largest absolute Gasteiger partial charge is 0.305 e. The van der Waals surface area contributed by atoms with Crippen molar-refractivity contribution in [3.8, 4) is 0 Å². The summed E-state index contributed by atoms with van der Waals surface area (Å²) in [6.45, 7) is 9.09. The summed E-state index contributed by atoms with van der Waals surface area (Å²) < 4.78 is 2.26. The molecule has 27 heavy (non-hydrogen) atoms. The molecule has 2 aliphatic carbocycles. The van der Waals surface area contributed by atoms with Crippen LogP contribution in [0.4, 0.5) is 0 Å². The number of likely N-dealkylation sites (N-methyl/N-ethyl adjacent to an activating group) is 1. The number of rotatable bonds is 4. The number of hydrogen-bond acceptors (Lipinski definition) is 3. The minimum Gasteiger partial charge on any atom is -0.305 e. The summed E-state index contributed by atoms with van der Waals surface area (Å²) in [5, 5.41) is 5.07. The Balaban J connectivity index is 1.54. The summed E-state index contributed by atoms with van der Waals surface area (Å²) in [6.07, 6.45) is 7.56. The minimum absolute atomic E-state index is 0.0739. The fourth-order valence-corrected chi connectivity index (χ4v) is 4.68. The van der Waals surface area contributed by atoms with Gasteiger partial charge in [0.05, 0.1) is 11.7 Å². The van der Waals surface area contributed by atoms with E-state index in [1.807, 2.05) is 0 Å². The Morgan fingerprint density at radius 1 is 0.963 bits per heavy atom. The molecule has 0 aromatic carbocycles. The monoisotopic (exact) mass is 364 g/mol. The molecule has 2 unspecified atom stereocenters. The summed E-state index contributed by atoms with van der Waals surface area (Å²) in [5.41, 5.74) is 5.42. The molecule has 2 atom stereocenters. The van der Waals surface area contributed by atoms with Gasteiger partial charge in [-0.2, -0.15) is 5.10 Å². The number of likely N-dealkylation sites (tertiary alicyclic amines) is 1. The van der Waals surface area contributed by atoms with Crippen LogP contribution in [0.2, 0.25) is 0 Å². The van der Waals surface area contributed by atoms with E-state index in [1.54, 1.807) is 0 Å². The van der Waals surface area contributed by atoms with Gasteiger partial charge in [0, 0.05) is 53.8 Å². The number of pyridine rings is 1. The van der Waals surface area contributed by atoms with Crippen LogP contribution in [-0.2, 0) is 5.41 Å². The molecule has 2 saturated carbocycles. The molecule has 3 heterocycles. The fraction of sp³-hybridized carbons (Fsp3) is 0.652. The van der Waals surface area contributed by atoms with E-state index >= 15 is 0 Å². The van der Waals surface area contributed by atoms with Crippen molar-refractivity contribution in [2.75, 3.05) is 20.1 Å². The molecule has 3 aliphatic rings. The van der Waals surface area contributed by atoms with Gasteiger partial charge in [-0.3, -0.25) is 9.67 Å². The van der Waals surface area contributed by atoms with E-state index in [0.29, 0.717) is 23.8 Å². The van der Waals surface area contributed by atoms with Crippen LogP contribution in [0.25, 0.3) is 0 Å². The molecule has 0 bridgehead atoms. The Kier molecular flexibility index (Phi) is 3.98. The summed E-state index contributed by atoms with van der Waals surface area (Å²) in [5.74, 6) is 1.66. The van der Waals surface area contributed by atoms with Gasteiger partial charge in [-0.05, 0) is 50.4 Å². The van der Waals surface area contributed by atoms with Crippen molar-refractivity contribution >= 4 is 0 Å². The summed E-state index contributed by atoms with van der Waals surface area (Å²) in [7, 11) is 2.25. The second-order valence-electron chi connectivity index (χ2n) is 10.1. The van der Waals surface area contributed by atoms with Gasteiger partial charge >= 0.3 is 0 Å². The first kappa shape index (κ1) is 17.4. The molecule has 4 nitrogen and oxygen atoms in total. The molecular weight excluding hydrogens is 332 g/mol. The molecule has 5 rings (SSSR count). The van der Waals surface area contributed by atoms with Gasteiger partial charge in [0.2, 0.25) is 0 Å². The van der Waals surface area contributed by atoms with Crippen molar-refractivity contribution in [2.45, 2.75) is 75.7 Å². The lowest BCUT2D eigenvalue weighted by Gasteiger charge is -2.23. The molecule has 3 fully saturated rings. The quantitative estimate of drug-likeness (QED) is 0.795. The van der Waals surface area contributed by atoms with Crippen molar-refractivity contribution in [1.82, 2.24) is 19.7 Å². The van der Waals surface area contributed by atoms with Crippen LogP contribution in [0.5, 0.6) is 0 Å². The number of nitrogens with zero attached hydrogens (tertiary/aromatic N) is 4. The van der Waals surface area contributed by atoms with Crippen LogP contribution in [0.3, 0.4) is 0 Å². The molecule has 0 amide bonds. The highest BCUT2D eigenvalue weighted by molar-refractivity contribution is 5.34. The second kappa shape index (κ2) is 6.16. The molecule has 1 aliphatic heterocycles. The fourth-order valence-electron chi connectivity index (χ4n) is 4.68. The number of aromatic nitrogens is 3. The van der Waals surface area contributed by atoms with Crippen molar-refractivity contribution < 1.29 is 0 Å². The first-order chi connectivity index (χ1) is 12.9. The minimum atomic E-state index is 0.0739. The summed E-state index contributed by atoms with van der Waals surface area (Å²) in [4.78, 5) is 7.59. The van der Waals surface area contributed by atoms with E-state index in [0.717, 1.165) is 13.1 Å². The van der Waals surface area contributed by atoms with Crippen LogP contribution in [0.1, 0.15) is 92.9 Å². The zero-order chi connectivity index (χ0) is 18.8. The molecule has 2 aromatic rings. The SMILES string of the molecule is CN1CC(c2cccc(C3CC3)n2)C(c2cn(C3CC3)nc2C(C)(C)C)C1. The van der Waals surface area contributed by atoms with Crippen LogP contribution in [0.15, 0.2) is 24.4 Å². The molecule has 1 saturated heterocycles. The van der Waals surface area contributed by atoms with Crippen molar-refractivity contribution in [3.05, 3.63) is 47.0 Å². The van der Waals surface area contributed by atoms with Gasteiger partial charge < -0.3 is 4.90 Å². The van der Waals surface area contributed by atoms with Crippen LogP contribution < -0.4 is 0 Å². The van der Waals surface area contributed by atoms with Crippen LogP contribution >= 0.6 is 0 Å². The van der Waals surface area contributed by atoms with Gasteiger partial charge in [0.25, 0.3) is 0 Å². The first-order valence-corrected chi connectivity index (χ1v) is 10.6. The van der Waals surface area contributed by atoms with Crippen molar-refractivity contribution in [1.29, 1.82) is 0 Å². The molecule has 0 spiro atoms. The average Bonchev–Trinajstić information content (AvgIpc) is 3.55. The Bertz CT molecular complexity index is 838. The van der Waals surface area contributed by atoms with E-state index in [9.17, 15) is 0 Å². The smallest absolute Gasteiger partial charge is 0.0713 e. The highest BCUT2D eigenvalue weighted by atomic mass is 15.3. The highest BCUT2D eigenvalue weighted by Gasteiger charge is 2.40. The molecule has 0 N–H and O–H groups in total. The van der Waals surface area contributed by atoms with E-state index in [4.69, 9.17) is 10.1 Å². The van der Waals surface area contributed by atoms with E-state index in [-0.39, 0.29) is 5.41 Å². The molecule has 2 aromatic heterocycles. The van der Waals surface area contributed by atoms with Gasteiger partial charge in [-0.15, -0.1) is 0 Å². The molecule has 144 valence electrons. The van der Waals surface area contributed by atoms with Gasteiger partial charge in [0.15, 0.2) is 0 Å². The summed E-state index contributed by atoms with van der Waals surface area (Å²) in [6, 6.07) is 7.34. The van der Waals surface area contributed by atoms with Crippen LogP contribution in [0, 0.1) is 0 Å². The third kappa shape index (κ3) is 3.33. The third-order valence-corrected chi connectivity index (χ3v) is 6.46. The third-order valence-electron chi connectivity index (χ3n) is 6.46. The average molecular weight is 365 g/mol.